The molecule has 0 N–H and O–H groups in total. The van der Waals surface area contributed by atoms with Crippen LogP contribution in [0.1, 0.15) is 46.0 Å². The first-order valence-electron chi connectivity index (χ1n) is 4.84. The Morgan fingerprint density at radius 2 is 1.31 bits per heavy atom. The topological polar surface area (TPSA) is 35.5 Å². The molecule has 0 atom stereocenters. The van der Waals surface area contributed by atoms with Gasteiger partial charge in [-0.2, -0.15) is 0 Å². The maximum atomic E-state index is 9.74. The molecule has 0 rings (SSSR count). The van der Waals surface area contributed by atoms with Crippen LogP contribution in [0, 0.1) is 0 Å². The Hall–Kier alpha value is -0.730. The lowest BCUT2D eigenvalue weighted by atomic mass is 10.2. The Morgan fingerprint density at radius 1 is 0.923 bits per heavy atom. The van der Waals surface area contributed by atoms with E-state index in [1.807, 2.05) is 0 Å². The lowest BCUT2D eigenvalue weighted by Gasteiger charge is -1.90. The largest absolute Gasteiger partial charge is 0.507 e. The van der Waals surface area contributed by atoms with Crippen LogP contribution >= 0.6 is 0 Å². The highest BCUT2D eigenvalue weighted by Gasteiger charge is 1.88. The van der Waals surface area contributed by atoms with E-state index >= 15 is 0 Å². The van der Waals surface area contributed by atoms with Crippen molar-refractivity contribution in [3.8, 4) is 0 Å². The van der Waals surface area contributed by atoms with E-state index in [4.69, 9.17) is 0 Å². The Balaban J connectivity index is 0. The van der Waals surface area contributed by atoms with E-state index in [2.05, 4.69) is 23.3 Å². The Labute approximate surface area is 81.4 Å². The van der Waals surface area contributed by atoms with Gasteiger partial charge in [0.25, 0.3) is 0 Å². The molecule has 0 saturated carbocycles. The van der Waals surface area contributed by atoms with Gasteiger partial charge >= 0.3 is 6.16 Å². The van der Waals surface area contributed by atoms with Gasteiger partial charge in [-0.15, -0.1) is 0 Å². The van der Waals surface area contributed by atoms with Gasteiger partial charge in [-0.25, -0.2) is 4.79 Å². The van der Waals surface area contributed by atoms with E-state index in [0.717, 1.165) is 0 Å². The minimum Gasteiger partial charge on any atom is -0.438 e. The highest BCUT2D eigenvalue weighted by molar-refractivity contribution is 5.59. The Kier molecular flexibility index (Phi) is 15.7. The van der Waals surface area contributed by atoms with E-state index in [-0.39, 0.29) is 0 Å². The first-order chi connectivity index (χ1) is 6.22. The van der Waals surface area contributed by atoms with Crippen LogP contribution in [0.2, 0.25) is 0 Å². The first-order valence-corrected chi connectivity index (χ1v) is 4.84. The fourth-order valence-corrected chi connectivity index (χ4v) is 0.760. The molecule has 0 saturated heterocycles. The number of unbranched alkanes of at least 4 members (excludes halogenated alkanes) is 4. The molecular formula is C10H22O3. The van der Waals surface area contributed by atoms with Gasteiger partial charge in [0.1, 0.15) is 0 Å². The molecule has 0 aliphatic rings. The molecule has 80 valence electrons. The third kappa shape index (κ3) is 18.3. The van der Waals surface area contributed by atoms with Crippen LogP contribution in [0.15, 0.2) is 0 Å². The number of methoxy groups -OCH3 is 2. The normalized spacial score (nSPS) is 8.31. The fraction of sp³-hybridized carbons (Fsp3) is 0.900. The summed E-state index contributed by atoms with van der Waals surface area (Å²) in [6.07, 6.45) is 6.35. The summed E-state index contributed by atoms with van der Waals surface area (Å²) < 4.78 is 8.08. The smallest absolute Gasteiger partial charge is 0.438 e. The second-order valence-electron chi connectivity index (χ2n) is 2.72. The zero-order chi connectivity index (χ0) is 10.5. The molecule has 0 aromatic rings. The van der Waals surface area contributed by atoms with Crippen LogP contribution in [0.5, 0.6) is 0 Å². The summed E-state index contributed by atoms with van der Waals surface area (Å²) in [4.78, 5) is 9.74. The second-order valence-corrected chi connectivity index (χ2v) is 2.72. The highest BCUT2D eigenvalue weighted by atomic mass is 16.7. The molecule has 0 bridgehead atoms. The van der Waals surface area contributed by atoms with E-state index in [0.29, 0.717) is 0 Å². The number of ether oxygens (including phenoxy) is 2. The minimum atomic E-state index is -0.657. The maximum Gasteiger partial charge on any atom is 0.507 e. The van der Waals surface area contributed by atoms with Crippen LogP contribution in [0.3, 0.4) is 0 Å². The van der Waals surface area contributed by atoms with E-state index in [9.17, 15) is 4.79 Å². The second kappa shape index (κ2) is 13.8. The van der Waals surface area contributed by atoms with Gasteiger partial charge in [0.15, 0.2) is 0 Å². The van der Waals surface area contributed by atoms with Gasteiger partial charge in [0.2, 0.25) is 0 Å². The molecule has 0 fully saturated rings. The number of hydrogen-bond acceptors (Lipinski definition) is 3. The molecule has 0 heterocycles. The number of carbonyl (C=O) groups excluding carboxylic acids is 1. The Bertz CT molecular complexity index is 92.3. The fourth-order valence-electron chi connectivity index (χ4n) is 0.760. The number of rotatable bonds is 4. The third-order valence-corrected chi connectivity index (χ3v) is 1.54. The predicted octanol–water partition coefficient (Wildman–Crippen LogP) is 3.38. The van der Waals surface area contributed by atoms with Gasteiger partial charge < -0.3 is 9.47 Å². The molecule has 0 aromatic carbocycles. The molecule has 0 aliphatic carbocycles. The van der Waals surface area contributed by atoms with Crippen molar-refractivity contribution < 1.29 is 14.3 Å². The SMILES string of the molecule is CCCCCCC.COC(=O)OC. The van der Waals surface area contributed by atoms with Crippen LogP contribution < -0.4 is 0 Å². The molecule has 0 aromatic heterocycles. The van der Waals surface area contributed by atoms with E-state index in [1.54, 1.807) is 0 Å². The van der Waals surface area contributed by atoms with Crippen molar-refractivity contribution in [3.05, 3.63) is 0 Å². The number of hydrogen-bond donors (Lipinski definition) is 0. The average Bonchev–Trinajstić information content (AvgIpc) is 2.18. The molecule has 0 unspecified atom stereocenters. The van der Waals surface area contributed by atoms with Gasteiger partial charge in [-0.1, -0.05) is 46.0 Å². The molecule has 0 radical (unpaired) electrons. The molecule has 0 aliphatic heterocycles. The number of carbonyl (C=O) groups is 1. The summed E-state index contributed by atoms with van der Waals surface area (Å²) in [7, 11) is 2.51. The molecule has 0 amide bonds. The average molecular weight is 190 g/mol. The van der Waals surface area contributed by atoms with Crippen LogP contribution in [0.4, 0.5) is 4.79 Å². The van der Waals surface area contributed by atoms with Crippen molar-refractivity contribution in [2.24, 2.45) is 0 Å². The van der Waals surface area contributed by atoms with E-state index < -0.39 is 6.16 Å². The summed E-state index contributed by atoms with van der Waals surface area (Å²) in [6.45, 7) is 4.49. The third-order valence-electron chi connectivity index (χ3n) is 1.54. The van der Waals surface area contributed by atoms with Crippen LogP contribution in [-0.4, -0.2) is 20.4 Å². The van der Waals surface area contributed by atoms with Crippen LogP contribution in [-0.2, 0) is 9.47 Å². The molecule has 3 nitrogen and oxygen atoms in total. The zero-order valence-corrected chi connectivity index (χ0v) is 9.26. The highest BCUT2D eigenvalue weighted by Crippen LogP contribution is 2.00. The lowest BCUT2D eigenvalue weighted by molar-refractivity contribution is 0.0924. The van der Waals surface area contributed by atoms with Crippen molar-refractivity contribution >= 4 is 6.16 Å². The Morgan fingerprint density at radius 3 is 1.46 bits per heavy atom. The summed E-state index contributed by atoms with van der Waals surface area (Å²) in [5.41, 5.74) is 0. The summed E-state index contributed by atoms with van der Waals surface area (Å²) in [5, 5.41) is 0. The monoisotopic (exact) mass is 190 g/mol. The zero-order valence-electron chi connectivity index (χ0n) is 9.26. The molecule has 13 heavy (non-hydrogen) atoms. The van der Waals surface area contributed by atoms with Crippen LogP contribution in [0.25, 0.3) is 0 Å². The summed E-state index contributed by atoms with van der Waals surface area (Å²) in [5.74, 6) is 0. The molecular weight excluding hydrogens is 168 g/mol. The molecule has 0 spiro atoms. The van der Waals surface area contributed by atoms with Gasteiger partial charge in [0, 0.05) is 0 Å². The summed E-state index contributed by atoms with van der Waals surface area (Å²) in [6, 6.07) is 0. The maximum absolute atomic E-state index is 9.74. The van der Waals surface area contributed by atoms with Crippen molar-refractivity contribution in [3.63, 3.8) is 0 Å². The predicted molar refractivity (Wildman–Crippen MR) is 53.8 cm³/mol. The van der Waals surface area contributed by atoms with Crippen molar-refractivity contribution in [1.29, 1.82) is 0 Å². The quantitative estimate of drug-likeness (QED) is 0.503. The van der Waals surface area contributed by atoms with E-state index in [1.165, 1.54) is 46.3 Å². The summed E-state index contributed by atoms with van der Waals surface area (Å²) >= 11 is 0. The standard InChI is InChI=1S/C7H16.C3H6O3/c1-3-5-7-6-4-2;1-5-3(4)6-2/h3-7H2,1-2H3;1-2H3. The minimum absolute atomic E-state index is 0.657. The van der Waals surface area contributed by atoms with Crippen molar-refractivity contribution in [2.45, 2.75) is 46.0 Å². The van der Waals surface area contributed by atoms with Gasteiger partial charge in [-0.3, -0.25) is 0 Å². The molecule has 3 heteroatoms. The first kappa shape index (κ1) is 14.8. The van der Waals surface area contributed by atoms with Crippen molar-refractivity contribution in [1.82, 2.24) is 0 Å². The van der Waals surface area contributed by atoms with Crippen molar-refractivity contribution in [2.75, 3.05) is 14.2 Å². The lowest BCUT2D eigenvalue weighted by Crippen LogP contribution is -1.97. The van der Waals surface area contributed by atoms with Gasteiger partial charge in [0.05, 0.1) is 14.2 Å². The van der Waals surface area contributed by atoms with Gasteiger partial charge in [-0.05, 0) is 0 Å².